The highest BCUT2D eigenvalue weighted by Crippen LogP contribution is 2.30. The average Bonchev–Trinajstić information content (AvgIpc) is 2.32. The first-order valence-electron chi connectivity index (χ1n) is 4.67. The topological polar surface area (TPSA) is 17.1 Å². The molecule has 0 N–H and O–H groups in total. The second-order valence-corrected chi connectivity index (χ2v) is 3.56. The van der Waals surface area contributed by atoms with E-state index in [1.54, 1.807) is 6.08 Å². The molecule has 0 spiro atoms. The Kier molecular flexibility index (Phi) is 3.24. The van der Waals surface area contributed by atoms with E-state index in [9.17, 15) is 4.79 Å². The fourth-order valence-electron chi connectivity index (χ4n) is 1.63. The highest BCUT2D eigenvalue weighted by atomic mass is 16.1. The summed E-state index contributed by atoms with van der Waals surface area (Å²) < 4.78 is 0. The molecular formula is C12H16O. The number of rotatable bonds is 3. The molecule has 1 aliphatic rings. The number of hydrogen-bond donors (Lipinski definition) is 0. The Balaban J connectivity index is 2.72. The van der Waals surface area contributed by atoms with Gasteiger partial charge in [-0.15, -0.1) is 0 Å². The van der Waals surface area contributed by atoms with E-state index in [1.165, 1.54) is 5.57 Å². The Labute approximate surface area is 79.8 Å². The highest BCUT2D eigenvalue weighted by molar-refractivity contribution is 5.99. The molecule has 70 valence electrons. The van der Waals surface area contributed by atoms with Gasteiger partial charge in [0, 0.05) is 6.42 Å². The van der Waals surface area contributed by atoms with Gasteiger partial charge in [0.15, 0.2) is 5.78 Å². The minimum Gasteiger partial charge on any atom is -0.295 e. The molecule has 0 radical (unpaired) electrons. The summed E-state index contributed by atoms with van der Waals surface area (Å²) in [7, 11) is 0. The van der Waals surface area contributed by atoms with E-state index in [2.05, 4.69) is 20.4 Å². The Morgan fingerprint density at radius 1 is 1.62 bits per heavy atom. The van der Waals surface area contributed by atoms with E-state index in [0.29, 0.717) is 18.1 Å². The van der Waals surface area contributed by atoms with Crippen LogP contribution in [0.15, 0.2) is 36.0 Å². The van der Waals surface area contributed by atoms with Crippen molar-refractivity contribution < 1.29 is 4.79 Å². The standard InChI is InChI=1S/C12H16O/c1-4-5-6-7-11-10(3)9(2)8-12(11)13/h4-6,9H,1,7-8H2,2-3H3/b6-5-/t9-/m0/s1. The first kappa shape index (κ1) is 9.97. The van der Waals surface area contributed by atoms with Crippen LogP contribution in [0.25, 0.3) is 0 Å². The number of ketones is 1. The van der Waals surface area contributed by atoms with Gasteiger partial charge in [-0.25, -0.2) is 0 Å². The number of carbonyl (C=O) groups excluding carboxylic acids is 1. The Hall–Kier alpha value is -1.11. The molecule has 1 atom stereocenters. The molecule has 0 aromatic rings. The normalized spacial score (nSPS) is 23.2. The minimum absolute atomic E-state index is 0.318. The van der Waals surface area contributed by atoms with E-state index in [0.717, 1.165) is 12.0 Å². The van der Waals surface area contributed by atoms with Crippen molar-refractivity contribution in [2.75, 3.05) is 0 Å². The van der Waals surface area contributed by atoms with Gasteiger partial charge in [0.2, 0.25) is 0 Å². The summed E-state index contributed by atoms with van der Waals surface area (Å²) in [6.07, 6.45) is 7.07. The van der Waals surface area contributed by atoms with E-state index < -0.39 is 0 Å². The Morgan fingerprint density at radius 3 is 2.77 bits per heavy atom. The molecule has 0 heterocycles. The summed E-state index contributed by atoms with van der Waals surface area (Å²) in [5.74, 6) is 0.762. The lowest BCUT2D eigenvalue weighted by Gasteiger charge is -2.00. The molecule has 13 heavy (non-hydrogen) atoms. The lowest BCUT2D eigenvalue weighted by Crippen LogP contribution is -1.95. The quantitative estimate of drug-likeness (QED) is 0.604. The number of carbonyl (C=O) groups is 1. The zero-order valence-electron chi connectivity index (χ0n) is 8.34. The van der Waals surface area contributed by atoms with Crippen LogP contribution in [0.1, 0.15) is 26.7 Å². The summed E-state index contributed by atoms with van der Waals surface area (Å²) in [4.78, 5) is 11.5. The second-order valence-electron chi connectivity index (χ2n) is 3.56. The SMILES string of the molecule is C=C/C=C\CC1=C(C)[C@@H](C)CC1=O. The lowest BCUT2D eigenvalue weighted by atomic mass is 10.0. The molecule has 1 nitrogen and oxygen atoms in total. The molecule has 0 aromatic carbocycles. The van der Waals surface area contributed by atoms with Crippen molar-refractivity contribution in [3.8, 4) is 0 Å². The maximum Gasteiger partial charge on any atom is 0.159 e. The van der Waals surface area contributed by atoms with Crippen LogP contribution in [0.3, 0.4) is 0 Å². The van der Waals surface area contributed by atoms with Crippen LogP contribution >= 0.6 is 0 Å². The van der Waals surface area contributed by atoms with Crippen molar-refractivity contribution in [1.29, 1.82) is 0 Å². The van der Waals surface area contributed by atoms with Gasteiger partial charge in [0.05, 0.1) is 0 Å². The first-order chi connectivity index (χ1) is 6.16. The van der Waals surface area contributed by atoms with Crippen molar-refractivity contribution >= 4 is 5.78 Å². The molecule has 0 aromatic heterocycles. The number of Topliss-reactive ketones (excluding diaryl/α,β-unsaturated/α-hetero) is 1. The maximum absolute atomic E-state index is 11.5. The highest BCUT2D eigenvalue weighted by Gasteiger charge is 2.24. The van der Waals surface area contributed by atoms with Crippen molar-refractivity contribution in [3.05, 3.63) is 36.0 Å². The largest absolute Gasteiger partial charge is 0.295 e. The molecular weight excluding hydrogens is 160 g/mol. The van der Waals surface area contributed by atoms with Crippen LogP contribution in [0, 0.1) is 5.92 Å². The molecule has 0 saturated carbocycles. The van der Waals surface area contributed by atoms with Gasteiger partial charge in [-0.05, 0) is 24.8 Å². The summed E-state index contributed by atoms with van der Waals surface area (Å²) in [6.45, 7) is 7.76. The van der Waals surface area contributed by atoms with E-state index >= 15 is 0 Å². The van der Waals surface area contributed by atoms with Gasteiger partial charge < -0.3 is 0 Å². The Bertz CT molecular complexity index is 281. The van der Waals surface area contributed by atoms with Gasteiger partial charge in [0.25, 0.3) is 0 Å². The predicted molar refractivity (Wildman–Crippen MR) is 55.4 cm³/mol. The summed E-state index contributed by atoms with van der Waals surface area (Å²) >= 11 is 0. The van der Waals surface area contributed by atoms with Crippen LogP contribution in [0.5, 0.6) is 0 Å². The third kappa shape index (κ3) is 2.18. The van der Waals surface area contributed by atoms with Crippen LogP contribution in [0.4, 0.5) is 0 Å². The van der Waals surface area contributed by atoms with Gasteiger partial charge in [-0.3, -0.25) is 4.79 Å². The third-order valence-electron chi connectivity index (χ3n) is 2.64. The summed E-state index contributed by atoms with van der Waals surface area (Å²) in [6, 6.07) is 0. The first-order valence-corrected chi connectivity index (χ1v) is 4.67. The van der Waals surface area contributed by atoms with Crippen molar-refractivity contribution in [3.63, 3.8) is 0 Å². The van der Waals surface area contributed by atoms with Gasteiger partial charge >= 0.3 is 0 Å². The fraction of sp³-hybridized carbons (Fsp3) is 0.417. The van der Waals surface area contributed by atoms with Crippen molar-refractivity contribution in [2.24, 2.45) is 5.92 Å². The molecule has 0 fully saturated rings. The van der Waals surface area contributed by atoms with Gasteiger partial charge in [-0.1, -0.05) is 37.3 Å². The number of hydrogen-bond acceptors (Lipinski definition) is 1. The smallest absolute Gasteiger partial charge is 0.159 e. The molecule has 0 amide bonds. The molecule has 1 aliphatic carbocycles. The average molecular weight is 176 g/mol. The van der Waals surface area contributed by atoms with Crippen LogP contribution in [0.2, 0.25) is 0 Å². The Morgan fingerprint density at radius 2 is 2.31 bits per heavy atom. The van der Waals surface area contributed by atoms with Gasteiger partial charge in [-0.2, -0.15) is 0 Å². The van der Waals surface area contributed by atoms with Crippen molar-refractivity contribution in [1.82, 2.24) is 0 Å². The number of allylic oxidation sites excluding steroid dienone is 5. The van der Waals surface area contributed by atoms with Crippen LogP contribution in [-0.4, -0.2) is 5.78 Å². The van der Waals surface area contributed by atoms with E-state index in [4.69, 9.17) is 0 Å². The molecule has 1 rings (SSSR count). The molecule has 1 heteroatoms. The lowest BCUT2D eigenvalue weighted by molar-refractivity contribution is -0.115. The molecule has 0 aliphatic heterocycles. The molecule has 0 unspecified atom stereocenters. The van der Waals surface area contributed by atoms with Crippen molar-refractivity contribution in [2.45, 2.75) is 26.7 Å². The summed E-state index contributed by atoms with van der Waals surface area (Å²) in [5.41, 5.74) is 2.27. The van der Waals surface area contributed by atoms with Gasteiger partial charge in [0.1, 0.15) is 0 Å². The monoisotopic (exact) mass is 176 g/mol. The fourth-order valence-corrected chi connectivity index (χ4v) is 1.63. The van der Waals surface area contributed by atoms with E-state index in [-0.39, 0.29) is 0 Å². The van der Waals surface area contributed by atoms with E-state index in [1.807, 2.05) is 12.2 Å². The molecule has 0 bridgehead atoms. The zero-order chi connectivity index (χ0) is 9.84. The third-order valence-corrected chi connectivity index (χ3v) is 2.64. The zero-order valence-corrected chi connectivity index (χ0v) is 8.34. The van der Waals surface area contributed by atoms with Crippen LogP contribution < -0.4 is 0 Å². The second kappa shape index (κ2) is 4.22. The molecule has 0 saturated heterocycles. The summed E-state index contributed by atoms with van der Waals surface area (Å²) in [5, 5.41) is 0. The van der Waals surface area contributed by atoms with Crippen LogP contribution in [-0.2, 0) is 4.79 Å². The minimum atomic E-state index is 0.318. The maximum atomic E-state index is 11.5. The predicted octanol–water partition coefficient (Wildman–Crippen LogP) is 3.04.